The van der Waals surface area contributed by atoms with Crippen molar-refractivity contribution in [1.82, 2.24) is 19.1 Å². The summed E-state index contributed by atoms with van der Waals surface area (Å²) in [6, 6.07) is 36.7. The first-order valence-electron chi connectivity index (χ1n) is 14.2. The first kappa shape index (κ1) is 29.6. The van der Waals surface area contributed by atoms with Crippen molar-refractivity contribution in [2.24, 2.45) is 0 Å². The first-order valence-corrected chi connectivity index (χ1v) is 16.6. The highest BCUT2D eigenvalue weighted by molar-refractivity contribution is 7.85. The molecule has 0 bridgehead atoms. The van der Waals surface area contributed by atoms with E-state index in [1.165, 1.54) is 12.1 Å². The molecule has 2 heterocycles. The van der Waals surface area contributed by atoms with Gasteiger partial charge in [0, 0.05) is 30.3 Å². The molecule has 12 heteroatoms. The Hall–Kier alpha value is -5.14. The molecule has 0 saturated carbocycles. The zero-order valence-electron chi connectivity index (χ0n) is 24.1. The second-order valence-corrected chi connectivity index (χ2v) is 12.7. The van der Waals surface area contributed by atoms with Gasteiger partial charge in [0.25, 0.3) is 10.1 Å². The third-order valence-electron chi connectivity index (χ3n) is 7.67. The summed E-state index contributed by atoms with van der Waals surface area (Å²) in [5, 5.41) is 0. The Morgan fingerprint density at radius 2 is 1.15 bits per heavy atom. The van der Waals surface area contributed by atoms with E-state index in [1.807, 2.05) is 94.1 Å². The van der Waals surface area contributed by atoms with Crippen molar-refractivity contribution < 1.29 is 25.9 Å². The van der Waals surface area contributed by atoms with Crippen molar-refractivity contribution in [2.75, 3.05) is 0 Å². The van der Waals surface area contributed by atoms with Crippen LogP contribution in [-0.2, 0) is 34.6 Å². The van der Waals surface area contributed by atoms with Gasteiger partial charge in [0.05, 0.1) is 27.0 Å². The van der Waals surface area contributed by atoms with Crippen molar-refractivity contribution in [1.29, 1.82) is 0 Å². The average molecular weight is 650 g/mol. The molecule has 1 unspecified atom stereocenters. The molecule has 10 nitrogen and oxygen atoms in total. The lowest BCUT2D eigenvalue weighted by Gasteiger charge is -2.12. The third-order valence-corrected chi connectivity index (χ3v) is 8.85. The average Bonchev–Trinajstić information content (AvgIpc) is 3.59. The molecule has 0 aliphatic heterocycles. The van der Waals surface area contributed by atoms with E-state index in [-0.39, 0.29) is 10.6 Å². The van der Waals surface area contributed by atoms with E-state index in [9.17, 15) is 21.7 Å². The second kappa shape index (κ2) is 12.0. The number of nitrogens with zero attached hydrogens (tertiary/aromatic N) is 4. The normalized spacial score (nSPS) is 12.5. The van der Waals surface area contributed by atoms with Gasteiger partial charge in [-0.3, -0.25) is 4.55 Å². The molecular weight excluding hydrogens is 625 g/mol. The predicted molar refractivity (Wildman–Crippen MR) is 174 cm³/mol. The molecule has 0 saturated heterocycles. The maximum absolute atomic E-state index is 12.0. The fraction of sp³-hybridized carbons (Fsp3) is 0.0588. The van der Waals surface area contributed by atoms with E-state index in [1.54, 1.807) is 24.3 Å². The summed E-state index contributed by atoms with van der Waals surface area (Å²) in [4.78, 5) is 9.54. The van der Waals surface area contributed by atoms with Gasteiger partial charge < -0.3 is 17.9 Å². The van der Waals surface area contributed by atoms with E-state index < -0.39 is 21.5 Å². The van der Waals surface area contributed by atoms with E-state index in [0.29, 0.717) is 46.8 Å². The van der Waals surface area contributed by atoms with Gasteiger partial charge in [-0.1, -0.05) is 84.9 Å². The molecular formula is C34H25N4O6S2-. The number of benzene rings is 5. The largest absolute Gasteiger partial charge is 0.740 e. The highest BCUT2D eigenvalue weighted by Crippen LogP contribution is 2.32. The second-order valence-electron chi connectivity index (χ2n) is 10.7. The number of aromatic nitrogens is 4. The molecule has 0 fully saturated rings. The molecule has 5 aromatic carbocycles. The minimum Gasteiger partial charge on any atom is -0.740 e. The molecule has 0 aliphatic carbocycles. The van der Waals surface area contributed by atoms with Gasteiger partial charge in [-0.2, -0.15) is 8.42 Å². The molecule has 2 aromatic heterocycles. The van der Waals surface area contributed by atoms with Gasteiger partial charge in [0.2, 0.25) is 0 Å². The lowest BCUT2D eigenvalue weighted by molar-refractivity contribution is 0.440. The van der Waals surface area contributed by atoms with Crippen LogP contribution in [0.1, 0.15) is 11.1 Å². The van der Waals surface area contributed by atoms with Gasteiger partial charge in [0.1, 0.15) is 28.8 Å². The number of imidazole rings is 2. The molecule has 7 aromatic rings. The van der Waals surface area contributed by atoms with Crippen LogP contribution < -0.4 is 4.18 Å². The number of hydrogen-bond donors (Lipinski definition) is 1. The summed E-state index contributed by atoms with van der Waals surface area (Å²) in [7, 11) is -4.41. The molecule has 7 rings (SSSR count). The summed E-state index contributed by atoms with van der Waals surface area (Å²) in [5.74, 6) is 1.50. The van der Waals surface area contributed by atoms with Crippen LogP contribution in [0, 0.1) is 0 Å². The number of rotatable bonds is 9. The SMILES string of the molecule is O=S([O-])Oc1ccc2nc(-c3ccc(-c4nc5ccc(S(=O)(=O)O)cc5n4Cc4ccccc4)cc3)n(Cc3ccccc3)c2c1. The third kappa shape index (κ3) is 5.94. The van der Waals surface area contributed by atoms with E-state index in [0.717, 1.165) is 22.3 Å². The first-order chi connectivity index (χ1) is 22.2. The molecule has 0 amide bonds. The van der Waals surface area contributed by atoms with Crippen LogP contribution in [0.25, 0.3) is 44.8 Å². The maximum atomic E-state index is 12.0. The highest BCUT2D eigenvalue weighted by atomic mass is 32.2. The molecule has 46 heavy (non-hydrogen) atoms. The predicted octanol–water partition coefficient (Wildman–Crippen LogP) is 6.24. The topological polar surface area (TPSA) is 139 Å². The minimum absolute atomic E-state index is 0.186. The van der Waals surface area contributed by atoms with Gasteiger partial charge >= 0.3 is 0 Å². The van der Waals surface area contributed by atoms with Crippen molar-refractivity contribution in [3.05, 3.63) is 132 Å². The van der Waals surface area contributed by atoms with Gasteiger partial charge in [-0.05, 0) is 41.5 Å². The molecule has 230 valence electrons. The van der Waals surface area contributed by atoms with E-state index >= 15 is 0 Å². The lowest BCUT2D eigenvalue weighted by atomic mass is 10.1. The van der Waals surface area contributed by atoms with Gasteiger partial charge in [-0.15, -0.1) is 0 Å². The Balaban J connectivity index is 1.33. The molecule has 0 aliphatic rings. The summed E-state index contributed by atoms with van der Waals surface area (Å²) in [6.07, 6.45) is 0. The van der Waals surface area contributed by atoms with Crippen molar-refractivity contribution in [3.63, 3.8) is 0 Å². The quantitative estimate of drug-likeness (QED) is 0.143. The fourth-order valence-corrected chi connectivity index (χ4v) is 6.32. The minimum atomic E-state index is -4.41. The monoisotopic (exact) mass is 649 g/mol. The summed E-state index contributed by atoms with van der Waals surface area (Å²) in [6.45, 7) is 0.913. The highest BCUT2D eigenvalue weighted by Gasteiger charge is 2.19. The van der Waals surface area contributed by atoms with Gasteiger partial charge in [0.15, 0.2) is 0 Å². The van der Waals surface area contributed by atoms with Crippen LogP contribution in [0.4, 0.5) is 0 Å². The smallest absolute Gasteiger partial charge is 0.294 e. The zero-order valence-corrected chi connectivity index (χ0v) is 25.7. The van der Waals surface area contributed by atoms with E-state index in [2.05, 4.69) is 0 Å². The van der Waals surface area contributed by atoms with Gasteiger partial charge in [-0.25, -0.2) is 14.2 Å². The van der Waals surface area contributed by atoms with Crippen LogP contribution in [0.2, 0.25) is 0 Å². The summed E-state index contributed by atoms with van der Waals surface area (Å²) >= 11 is -2.71. The maximum Gasteiger partial charge on any atom is 0.294 e. The molecule has 0 spiro atoms. The molecule has 1 atom stereocenters. The van der Waals surface area contributed by atoms with Crippen molar-refractivity contribution >= 4 is 43.5 Å². The summed E-state index contributed by atoms with van der Waals surface area (Å²) < 4.78 is 64.9. The molecule has 1 N–H and O–H groups in total. The van der Waals surface area contributed by atoms with Crippen LogP contribution in [0.3, 0.4) is 0 Å². The van der Waals surface area contributed by atoms with Crippen LogP contribution in [0.15, 0.2) is 126 Å². The summed E-state index contributed by atoms with van der Waals surface area (Å²) in [5.41, 5.74) is 6.20. The lowest BCUT2D eigenvalue weighted by Crippen LogP contribution is -2.04. The van der Waals surface area contributed by atoms with Crippen LogP contribution >= 0.6 is 0 Å². The number of fused-ring (bicyclic) bond motifs is 2. The zero-order chi connectivity index (χ0) is 31.8. The van der Waals surface area contributed by atoms with Crippen molar-refractivity contribution in [2.45, 2.75) is 18.0 Å². The Kier molecular flexibility index (Phi) is 7.70. The van der Waals surface area contributed by atoms with Crippen LogP contribution in [-0.4, -0.2) is 40.8 Å². The Bertz CT molecular complexity index is 2340. The number of hydrogen-bond acceptors (Lipinski definition) is 7. The van der Waals surface area contributed by atoms with E-state index in [4.69, 9.17) is 14.2 Å². The Labute approximate surface area is 266 Å². The van der Waals surface area contributed by atoms with Crippen LogP contribution in [0.5, 0.6) is 5.75 Å². The Morgan fingerprint density at radius 3 is 1.63 bits per heavy atom. The standard InChI is InChI=1S/C34H26N4O6S2/c39-45(40)44-27-15-17-29-31(19-27)37(21-23-7-3-1-4-8-23)33(35-29)25-11-13-26(14-12-25)34-36-30-18-16-28(46(41,42)43)20-32(30)38(34)22-24-9-5-2-6-10-24/h1-20H,21-22H2,(H,39,40)(H,41,42,43)/p-1. The fourth-order valence-electron chi connectivity index (χ4n) is 5.56. The van der Waals surface area contributed by atoms with Crippen molar-refractivity contribution in [3.8, 4) is 28.5 Å². The molecule has 0 radical (unpaired) electrons. The Morgan fingerprint density at radius 1 is 0.674 bits per heavy atom.